The molecule has 0 saturated carbocycles. The molecule has 2 atom stereocenters. The van der Waals surface area contributed by atoms with Crippen molar-refractivity contribution in [2.45, 2.75) is 51.7 Å². The summed E-state index contributed by atoms with van der Waals surface area (Å²) in [5.41, 5.74) is 1.37. The molecule has 0 aromatic heterocycles. The van der Waals surface area contributed by atoms with Crippen LogP contribution in [0.2, 0.25) is 0 Å². The summed E-state index contributed by atoms with van der Waals surface area (Å²) in [7, 11) is 0. The molecule has 0 spiro atoms. The van der Waals surface area contributed by atoms with Crippen molar-refractivity contribution in [2.75, 3.05) is 13.1 Å². The zero-order valence-electron chi connectivity index (χ0n) is 13.7. The third kappa shape index (κ3) is 3.55. The van der Waals surface area contributed by atoms with E-state index < -0.39 is 0 Å². The van der Waals surface area contributed by atoms with E-state index >= 15 is 0 Å². The van der Waals surface area contributed by atoms with Crippen LogP contribution in [0.1, 0.15) is 39.5 Å². The van der Waals surface area contributed by atoms with Crippen LogP contribution in [0.5, 0.6) is 0 Å². The molecule has 0 bridgehead atoms. The predicted molar refractivity (Wildman–Crippen MR) is 85.4 cm³/mol. The highest BCUT2D eigenvalue weighted by molar-refractivity contribution is 5.92. The molecule has 5 heteroatoms. The number of hydrogen-bond donors (Lipinski definition) is 0. The Morgan fingerprint density at radius 2 is 2.09 bits per heavy atom. The Bertz CT molecular complexity index is 602. The minimum absolute atomic E-state index is 0.0928. The van der Waals surface area contributed by atoms with E-state index in [0.717, 1.165) is 44.3 Å². The van der Waals surface area contributed by atoms with Gasteiger partial charge in [-0.1, -0.05) is 0 Å². The molecule has 124 valence electrons. The summed E-state index contributed by atoms with van der Waals surface area (Å²) in [4.78, 5) is 25.2. The second-order valence-electron chi connectivity index (χ2n) is 6.43. The van der Waals surface area contributed by atoms with Crippen LogP contribution in [0, 0.1) is 0 Å². The predicted octanol–water partition coefficient (Wildman–Crippen LogP) is 2.49. The third-order valence-electron chi connectivity index (χ3n) is 4.66. The molecule has 0 aromatic carbocycles. The van der Waals surface area contributed by atoms with E-state index in [1.165, 1.54) is 0 Å². The fourth-order valence-electron chi connectivity index (χ4n) is 3.38. The van der Waals surface area contributed by atoms with Crippen LogP contribution in [-0.4, -0.2) is 42.1 Å². The van der Waals surface area contributed by atoms with Crippen molar-refractivity contribution in [2.24, 2.45) is 0 Å². The van der Waals surface area contributed by atoms with Gasteiger partial charge in [0, 0.05) is 11.1 Å². The highest BCUT2D eigenvalue weighted by atomic mass is 16.6. The maximum atomic E-state index is 11.5. The molecule has 0 aliphatic carbocycles. The van der Waals surface area contributed by atoms with Gasteiger partial charge in [-0.25, -0.2) is 9.59 Å². The number of ether oxygens (including phenoxy) is 2. The van der Waals surface area contributed by atoms with Gasteiger partial charge in [0.1, 0.15) is 11.9 Å². The Morgan fingerprint density at radius 1 is 1.26 bits per heavy atom. The van der Waals surface area contributed by atoms with Crippen LogP contribution in [0.25, 0.3) is 0 Å². The van der Waals surface area contributed by atoms with E-state index in [-0.39, 0.29) is 18.0 Å². The smallest absolute Gasteiger partial charge is 0.339 e. The number of hydrogen-bond acceptors (Lipinski definition) is 5. The first-order valence-electron chi connectivity index (χ1n) is 8.28. The molecule has 0 amide bonds. The average Bonchev–Trinajstić information content (AvgIpc) is 3.18. The van der Waals surface area contributed by atoms with Crippen molar-refractivity contribution in [1.29, 1.82) is 0 Å². The fourth-order valence-corrected chi connectivity index (χ4v) is 3.38. The molecule has 0 N–H and O–H groups in total. The van der Waals surface area contributed by atoms with Crippen molar-refractivity contribution in [3.05, 3.63) is 35.1 Å². The molecule has 0 unspecified atom stereocenters. The number of cyclic esters (lactones) is 2. The van der Waals surface area contributed by atoms with Crippen LogP contribution in [0.15, 0.2) is 35.1 Å². The van der Waals surface area contributed by atoms with E-state index in [9.17, 15) is 9.59 Å². The summed E-state index contributed by atoms with van der Waals surface area (Å²) in [6.45, 7) is 5.59. The van der Waals surface area contributed by atoms with Crippen molar-refractivity contribution in [3.8, 4) is 0 Å². The number of nitrogens with zero attached hydrogens (tertiary/aromatic N) is 1. The lowest BCUT2D eigenvalue weighted by Crippen LogP contribution is -2.39. The first-order chi connectivity index (χ1) is 11.0. The zero-order chi connectivity index (χ0) is 16.4. The second-order valence-corrected chi connectivity index (χ2v) is 6.43. The quantitative estimate of drug-likeness (QED) is 0.576. The minimum Gasteiger partial charge on any atom is -0.453 e. The summed E-state index contributed by atoms with van der Waals surface area (Å²) in [6.07, 6.45) is 9.70. The van der Waals surface area contributed by atoms with Gasteiger partial charge >= 0.3 is 11.9 Å². The Morgan fingerprint density at radius 3 is 2.74 bits per heavy atom. The zero-order valence-corrected chi connectivity index (χ0v) is 13.7. The van der Waals surface area contributed by atoms with Gasteiger partial charge in [0.2, 0.25) is 0 Å². The maximum absolute atomic E-state index is 11.5. The average molecular weight is 317 g/mol. The second kappa shape index (κ2) is 6.71. The number of carbonyl (C=O) groups excluding carboxylic acids is 2. The largest absolute Gasteiger partial charge is 0.453 e. The number of esters is 2. The lowest BCUT2D eigenvalue weighted by Gasteiger charge is -2.27. The van der Waals surface area contributed by atoms with Gasteiger partial charge in [-0.3, -0.25) is 4.90 Å². The first kappa shape index (κ1) is 16.0. The molecular formula is C18H23NO4. The summed E-state index contributed by atoms with van der Waals surface area (Å²) in [6, 6.07) is 0.301. The fraction of sp³-hybridized carbons (Fsp3) is 0.556. The molecule has 5 nitrogen and oxygen atoms in total. The molecule has 1 saturated heterocycles. The minimum atomic E-state index is -0.249. The van der Waals surface area contributed by atoms with Gasteiger partial charge in [-0.2, -0.15) is 0 Å². The van der Waals surface area contributed by atoms with Crippen LogP contribution in [0.4, 0.5) is 0 Å². The summed E-state index contributed by atoms with van der Waals surface area (Å²) >= 11 is 0. The first-order valence-corrected chi connectivity index (χ1v) is 8.28. The molecule has 1 fully saturated rings. The molecule has 3 aliphatic rings. The summed E-state index contributed by atoms with van der Waals surface area (Å²) in [5.74, 6) is 0.228. The third-order valence-corrected chi connectivity index (χ3v) is 4.66. The lowest BCUT2D eigenvalue weighted by atomic mass is 10.1. The lowest BCUT2D eigenvalue weighted by molar-refractivity contribution is -0.141. The van der Waals surface area contributed by atoms with Gasteiger partial charge in [-0.05, 0) is 70.8 Å². The highest BCUT2D eigenvalue weighted by Gasteiger charge is 2.36. The Hall–Kier alpha value is -1.88. The molecule has 0 aromatic rings. The SMILES string of the molecule is CC1=C/C(=C/CCCN2CCC[C@@H]2[C@@H]2C=C(C)C(=O)O2)OC1=O. The van der Waals surface area contributed by atoms with Gasteiger partial charge in [-0.15, -0.1) is 0 Å². The normalized spacial score (nSPS) is 29.7. The van der Waals surface area contributed by atoms with Crippen LogP contribution in [-0.2, 0) is 19.1 Å². The van der Waals surface area contributed by atoms with Gasteiger partial charge in [0.05, 0.1) is 6.04 Å². The van der Waals surface area contributed by atoms with E-state index in [1.54, 1.807) is 13.0 Å². The molecule has 3 rings (SSSR count). The van der Waals surface area contributed by atoms with E-state index in [1.807, 2.05) is 19.1 Å². The molecule has 3 aliphatic heterocycles. The van der Waals surface area contributed by atoms with E-state index in [2.05, 4.69) is 4.90 Å². The molecule has 3 heterocycles. The van der Waals surface area contributed by atoms with Gasteiger partial charge in [0.25, 0.3) is 0 Å². The summed E-state index contributed by atoms with van der Waals surface area (Å²) in [5, 5.41) is 0. The van der Waals surface area contributed by atoms with Crippen molar-refractivity contribution >= 4 is 11.9 Å². The van der Waals surface area contributed by atoms with Crippen molar-refractivity contribution in [1.82, 2.24) is 4.90 Å². The van der Waals surface area contributed by atoms with E-state index in [4.69, 9.17) is 9.47 Å². The number of allylic oxidation sites excluding steroid dienone is 2. The van der Waals surface area contributed by atoms with Crippen molar-refractivity contribution in [3.63, 3.8) is 0 Å². The Kier molecular flexibility index (Phi) is 4.66. The number of carbonyl (C=O) groups is 2. The van der Waals surface area contributed by atoms with Crippen LogP contribution in [0.3, 0.4) is 0 Å². The monoisotopic (exact) mass is 317 g/mol. The molecule has 0 radical (unpaired) electrons. The topological polar surface area (TPSA) is 55.8 Å². The van der Waals surface area contributed by atoms with Gasteiger partial charge in [0.15, 0.2) is 0 Å². The number of rotatable bonds is 5. The van der Waals surface area contributed by atoms with Crippen LogP contribution >= 0.6 is 0 Å². The standard InChI is InChI=1S/C18H23NO4/c1-12-10-14(22-17(12)20)6-3-4-8-19-9-5-7-15(19)16-11-13(2)18(21)23-16/h6,10-11,15-16H,3-5,7-9H2,1-2H3/b14-6-/t15-,16+/m1/s1. The molecule has 23 heavy (non-hydrogen) atoms. The summed E-state index contributed by atoms with van der Waals surface area (Å²) < 4.78 is 10.6. The van der Waals surface area contributed by atoms with E-state index in [0.29, 0.717) is 17.4 Å². The Balaban J connectivity index is 1.48. The maximum Gasteiger partial charge on any atom is 0.339 e. The van der Waals surface area contributed by atoms with Crippen molar-refractivity contribution < 1.29 is 19.1 Å². The number of likely N-dealkylation sites (tertiary alicyclic amines) is 1. The van der Waals surface area contributed by atoms with Crippen LogP contribution < -0.4 is 0 Å². The Labute approximate surface area is 136 Å². The molecular weight excluding hydrogens is 294 g/mol. The van der Waals surface area contributed by atoms with Gasteiger partial charge < -0.3 is 9.47 Å². The highest BCUT2D eigenvalue weighted by Crippen LogP contribution is 2.27. The number of unbranched alkanes of at least 4 members (excludes halogenated alkanes) is 1.